The molecule has 0 bridgehead atoms. The minimum atomic E-state index is -0.0307. The van der Waals surface area contributed by atoms with Gasteiger partial charge in [-0.15, -0.1) is 0 Å². The first-order chi connectivity index (χ1) is 4.35. The van der Waals surface area contributed by atoms with Crippen LogP contribution in [0, 0.1) is 13.1 Å². The summed E-state index contributed by atoms with van der Waals surface area (Å²) in [5.74, 6) is -0.0307. The largest absolute Gasteiger partial charge is 0.554 e. The predicted molar refractivity (Wildman–Crippen MR) is 32.9 cm³/mol. The fourth-order valence-electron chi connectivity index (χ4n) is 0.236. The third-order valence-corrected chi connectivity index (χ3v) is 0.585. The van der Waals surface area contributed by atoms with Crippen molar-refractivity contribution in [3.63, 3.8) is 0 Å². The van der Waals surface area contributed by atoms with E-state index >= 15 is 0 Å². The Morgan fingerprint density at radius 1 is 1.56 bits per heavy atom. The molecule has 0 aromatic rings. The van der Waals surface area contributed by atoms with Crippen LogP contribution < -0.4 is 0 Å². The van der Waals surface area contributed by atoms with E-state index in [9.17, 15) is 0 Å². The monoisotopic (exact) mass is 122 g/mol. The molecule has 0 amide bonds. The molecule has 0 rings (SSSR count). The standard InChI is InChI=1S/C6H6N2O/c1-4-9-5-6(7-2)8-3/h5H,4H2,1H3. The first kappa shape index (κ1) is 7.52. The molecule has 0 heterocycles. The van der Waals surface area contributed by atoms with Crippen LogP contribution in [0.1, 0.15) is 6.92 Å². The molecule has 0 N–H and O–H groups in total. The van der Waals surface area contributed by atoms with Crippen LogP contribution in [0.4, 0.5) is 0 Å². The molecule has 0 fully saturated rings. The Morgan fingerprint density at radius 3 is 2.44 bits per heavy atom. The van der Waals surface area contributed by atoms with Crippen LogP contribution in [-0.4, -0.2) is 6.61 Å². The van der Waals surface area contributed by atoms with Crippen LogP contribution in [0.15, 0.2) is 12.1 Å². The van der Waals surface area contributed by atoms with Crippen LogP contribution in [-0.2, 0) is 4.74 Å². The highest BCUT2D eigenvalue weighted by Gasteiger charge is 1.98. The molecule has 0 aromatic carbocycles. The fraction of sp³-hybridized carbons (Fsp3) is 0.333. The number of hydrogen-bond acceptors (Lipinski definition) is 1. The van der Waals surface area contributed by atoms with E-state index in [2.05, 4.69) is 14.4 Å². The summed E-state index contributed by atoms with van der Waals surface area (Å²) < 4.78 is 4.69. The van der Waals surface area contributed by atoms with Gasteiger partial charge >= 0.3 is 5.82 Å². The average Bonchev–Trinajstić information content (AvgIpc) is 1.91. The second kappa shape index (κ2) is 4.67. The quantitative estimate of drug-likeness (QED) is 0.402. The van der Waals surface area contributed by atoms with E-state index in [0.717, 1.165) is 0 Å². The lowest BCUT2D eigenvalue weighted by Crippen LogP contribution is -1.77. The summed E-state index contributed by atoms with van der Waals surface area (Å²) in [6.45, 7) is 15.1. The smallest absolute Gasteiger partial charge is 0.505 e. The van der Waals surface area contributed by atoms with E-state index in [1.807, 2.05) is 0 Å². The highest BCUT2D eigenvalue weighted by Crippen LogP contribution is 1.96. The molecule has 0 aromatic heterocycles. The van der Waals surface area contributed by atoms with Gasteiger partial charge in [-0.05, 0) is 6.92 Å². The molecule has 9 heavy (non-hydrogen) atoms. The summed E-state index contributed by atoms with van der Waals surface area (Å²) in [5.41, 5.74) is 0. The second-order valence-corrected chi connectivity index (χ2v) is 1.15. The van der Waals surface area contributed by atoms with Crippen molar-refractivity contribution >= 4 is 0 Å². The van der Waals surface area contributed by atoms with Crippen LogP contribution in [0.25, 0.3) is 9.69 Å². The molecule has 3 nitrogen and oxygen atoms in total. The molecule has 46 valence electrons. The van der Waals surface area contributed by atoms with E-state index in [4.69, 9.17) is 13.1 Å². The normalized spacial score (nSPS) is 6.56. The van der Waals surface area contributed by atoms with Crippen molar-refractivity contribution in [1.82, 2.24) is 0 Å². The summed E-state index contributed by atoms with van der Waals surface area (Å²) >= 11 is 0. The summed E-state index contributed by atoms with van der Waals surface area (Å²) in [7, 11) is 0. The Kier molecular flexibility index (Phi) is 3.90. The SMILES string of the molecule is [C-]#[N+]C(=COCC)[N+]#[C-]. The maximum absolute atomic E-state index is 6.40. The number of ether oxygens (including phenoxy) is 1. The molecule has 0 atom stereocenters. The van der Waals surface area contributed by atoms with E-state index in [0.29, 0.717) is 6.61 Å². The van der Waals surface area contributed by atoms with E-state index in [1.165, 1.54) is 6.26 Å². The highest BCUT2D eigenvalue weighted by molar-refractivity contribution is 5.14. The maximum atomic E-state index is 6.40. The zero-order chi connectivity index (χ0) is 7.11. The van der Waals surface area contributed by atoms with Gasteiger partial charge in [0.25, 0.3) is 0 Å². The molecule has 0 radical (unpaired) electrons. The van der Waals surface area contributed by atoms with Gasteiger partial charge in [-0.1, -0.05) is 0 Å². The second-order valence-electron chi connectivity index (χ2n) is 1.15. The number of hydrogen-bond donors (Lipinski definition) is 0. The minimum Gasteiger partial charge on any atom is -0.505 e. The van der Waals surface area contributed by atoms with Crippen LogP contribution in [0.2, 0.25) is 0 Å². The zero-order valence-electron chi connectivity index (χ0n) is 5.09. The maximum Gasteiger partial charge on any atom is 0.554 e. The lowest BCUT2D eigenvalue weighted by atomic mass is 10.8. The Morgan fingerprint density at radius 2 is 2.11 bits per heavy atom. The van der Waals surface area contributed by atoms with Crippen LogP contribution >= 0.6 is 0 Å². The van der Waals surface area contributed by atoms with Crippen molar-refractivity contribution in [2.75, 3.05) is 6.61 Å². The Balaban J connectivity index is 3.85. The van der Waals surface area contributed by atoms with Crippen molar-refractivity contribution in [3.8, 4) is 0 Å². The van der Waals surface area contributed by atoms with Crippen LogP contribution in [0.5, 0.6) is 0 Å². The van der Waals surface area contributed by atoms with Gasteiger partial charge in [0.05, 0.1) is 6.61 Å². The molecule has 0 spiro atoms. The summed E-state index contributed by atoms with van der Waals surface area (Å²) in [4.78, 5) is 5.75. The van der Waals surface area contributed by atoms with Gasteiger partial charge in [0, 0.05) is 0 Å². The van der Waals surface area contributed by atoms with Crippen molar-refractivity contribution in [1.29, 1.82) is 0 Å². The minimum absolute atomic E-state index is 0.0307. The third kappa shape index (κ3) is 3.13. The summed E-state index contributed by atoms with van der Waals surface area (Å²) in [5, 5.41) is 0. The molecular formula is C6H6N2O. The van der Waals surface area contributed by atoms with Crippen molar-refractivity contribution in [3.05, 3.63) is 34.9 Å². The van der Waals surface area contributed by atoms with Crippen molar-refractivity contribution in [2.45, 2.75) is 6.92 Å². The number of rotatable bonds is 2. The summed E-state index contributed by atoms with van der Waals surface area (Å²) in [6, 6.07) is 0. The number of nitrogens with zero attached hydrogens (tertiary/aromatic N) is 2. The third-order valence-electron chi connectivity index (χ3n) is 0.585. The molecule has 0 aliphatic rings. The molecule has 0 saturated heterocycles. The van der Waals surface area contributed by atoms with Gasteiger partial charge in [0.2, 0.25) is 0 Å². The Hall–Kier alpha value is -1.48. The average molecular weight is 122 g/mol. The van der Waals surface area contributed by atoms with Gasteiger partial charge in [-0.2, -0.15) is 9.69 Å². The lowest BCUT2D eigenvalue weighted by Gasteiger charge is -1.86. The van der Waals surface area contributed by atoms with E-state index in [-0.39, 0.29) is 5.82 Å². The molecule has 0 aliphatic heterocycles. The highest BCUT2D eigenvalue weighted by atomic mass is 16.5. The van der Waals surface area contributed by atoms with Crippen LogP contribution in [0.3, 0.4) is 0 Å². The van der Waals surface area contributed by atoms with E-state index < -0.39 is 0 Å². The lowest BCUT2D eigenvalue weighted by molar-refractivity contribution is 0.267. The van der Waals surface area contributed by atoms with Gasteiger partial charge in [0.15, 0.2) is 6.26 Å². The predicted octanol–water partition coefficient (Wildman–Crippen LogP) is 1.66. The summed E-state index contributed by atoms with van der Waals surface area (Å²) in [6.07, 6.45) is 1.17. The van der Waals surface area contributed by atoms with Gasteiger partial charge < -0.3 is 4.74 Å². The van der Waals surface area contributed by atoms with Gasteiger partial charge in [-0.25, -0.2) is 0 Å². The Labute approximate surface area is 54.2 Å². The van der Waals surface area contributed by atoms with E-state index in [1.54, 1.807) is 6.92 Å². The van der Waals surface area contributed by atoms with Crippen molar-refractivity contribution < 1.29 is 4.74 Å². The molecule has 0 saturated carbocycles. The first-order valence-electron chi connectivity index (χ1n) is 2.41. The molecule has 3 heteroatoms. The van der Waals surface area contributed by atoms with Gasteiger partial charge in [-0.3, -0.25) is 0 Å². The Bertz CT molecular complexity index is 166. The zero-order valence-corrected chi connectivity index (χ0v) is 5.09. The molecule has 0 unspecified atom stereocenters. The first-order valence-corrected chi connectivity index (χ1v) is 2.41. The topological polar surface area (TPSA) is 17.9 Å². The molecule has 0 aliphatic carbocycles. The molecular weight excluding hydrogens is 116 g/mol. The van der Waals surface area contributed by atoms with Crippen molar-refractivity contribution in [2.24, 2.45) is 0 Å². The fourth-order valence-corrected chi connectivity index (χ4v) is 0.236. The van der Waals surface area contributed by atoms with Gasteiger partial charge in [0.1, 0.15) is 13.1 Å².